The van der Waals surface area contributed by atoms with Crippen LogP contribution in [-0.2, 0) is 4.84 Å². The number of ether oxygens (including phenoxy) is 3. The molecule has 0 fully saturated rings. The molecule has 0 saturated heterocycles. The molecule has 0 atom stereocenters. The molecule has 3 rings (SSSR count). The van der Waals surface area contributed by atoms with Gasteiger partial charge in [-0.25, -0.2) is 4.79 Å². The maximum atomic E-state index is 12.6. The number of carbonyl (C=O) groups excluding carboxylic acids is 1. The molecule has 0 radical (unpaired) electrons. The minimum Gasteiger partial charge on any atom is -0.493 e. The number of benzene rings is 2. The van der Waals surface area contributed by atoms with Gasteiger partial charge in [0, 0.05) is 11.8 Å². The van der Waals surface area contributed by atoms with Crippen LogP contribution >= 0.6 is 0 Å². The van der Waals surface area contributed by atoms with Crippen LogP contribution in [0.2, 0.25) is 0 Å². The summed E-state index contributed by atoms with van der Waals surface area (Å²) in [6.07, 6.45) is 1.65. The number of pyridine rings is 1. The number of hydrogen-bond acceptors (Lipinski definition) is 7. The highest BCUT2D eigenvalue weighted by Crippen LogP contribution is 2.38. The maximum Gasteiger partial charge on any atom is 0.366 e. The van der Waals surface area contributed by atoms with Gasteiger partial charge in [-0.15, -0.1) is 0 Å². The van der Waals surface area contributed by atoms with Gasteiger partial charge in [-0.1, -0.05) is 41.6 Å². The zero-order valence-corrected chi connectivity index (χ0v) is 16.3. The summed E-state index contributed by atoms with van der Waals surface area (Å²) >= 11 is 0. The van der Waals surface area contributed by atoms with Crippen LogP contribution in [0.3, 0.4) is 0 Å². The Bertz CT molecular complexity index is 938. The third-order valence-corrected chi connectivity index (χ3v) is 4.08. The molecule has 148 valence electrons. The van der Waals surface area contributed by atoms with Gasteiger partial charge in [0.25, 0.3) is 0 Å². The van der Waals surface area contributed by atoms with Crippen molar-refractivity contribution in [1.29, 1.82) is 0 Å². The molecular formula is C22H20N2O5. The number of carbonyl (C=O) groups is 1. The van der Waals surface area contributed by atoms with Crippen molar-refractivity contribution in [3.8, 4) is 17.2 Å². The van der Waals surface area contributed by atoms with E-state index in [0.29, 0.717) is 28.7 Å². The van der Waals surface area contributed by atoms with Gasteiger partial charge in [-0.2, -0.15) is 0 Å². The summed E-state index contributed by atoms with van der Waals surface area (Å²) in [5.74, 6) is 0.397. The van der Waals surface area contributed by atoms with Crippen molar-refractivity contribution in [2.45, 2.75) is 0 Å². The topological polar surface area (TPSA) is 79.2 Å². The van der Waals surface area contributed by atoms with Crippen molar-refractivity contribution in [3.05, 3.63) is 83.7 Å². The van der Waals surface area contributed by atoms with Crippen LogP contribution in [0, 0.1) is 0 Å². The highest BCUT2D eigenvalue weighted by Gasteiger charge is 2.19. The van der Waals surface area contributed by atoms with E-state index in [4.69, 9.17) is 19.0 Å². The van der Waals surface area contributed by atoms with Crippen LogP contribution < -0.4 is 14.2 Å². The summed E-state index contributed by atoms with van der Waals surface area (Å²) < 4.78 is 15.8. The summed E-state index contributed by atoms with van der Waals surface area (Å²) in [6.45, 7) is 0. The Morgan fingerprint density at radius 1 is 0.828 bits per heavy atom. The first-order valence-electron chi connectivity index (χ1n) is 8.74. The van der Waals surface area contributed by atoms with Crippen molar-refractivity contribution in [1.82, 2.24) is 4.98 Å². The lowest BCUT2D eigenvalue weighted by atomic mass is 10.1. The van der Waals surface area contributed by atoms with E-state index in [1.54, 1.807) is 18.3 Å². The quantitative estimate of drug-likeness (QED) is 0.346. The van der Waals surface area contributed by atoms with Gasteiger partial charge in [-0.05, 0) is 24.3 Å². The Labute approximate surface area is 168 Å². The first kappa shape index (κ1) is 19.9. The zero-order chi connectivity index (χ0) is 20.6. The van der Waals surface area contributed by atoms with Gasteiger partial charge in [-0.3, -0.25) is 4.98 Å². The van der Waals surface area contributed by atoms with Crippen molar-refractivity contribution >= 4 is 11.7 Å². The minimum absolute atomic E-state index is 0.205. The van der Waals surface area contributed by atoms with Crippen LogP contribution in [0.4, 0.5) is 0 Å². The fourth-order valence-corrected chi connectivity index (χ4v) is 2.68. The zero-order valence-electron chi connectivity index (χ0n) is 16.3. The van der Waals surface area contributed by atoms with Gasteiger partial charge in [0.15, 0.2) is 11.5 Å². The lowest BCUT2D eigenvalue weighted by molar-refractivity contribution is 0.0516. The molecule has 0 aliphatic heterocycles. The fourth-order valence-electron chi connectivity index (χ4n) is 2.68. The van der Waals surface area contributed by atoms with Crippen LogP contribution in [0.15, 0.2) is 72.0 Å². The fraction of sp³-hybridized carbons (Fsp3) is 0.136. The largest absolute Gasteiger partial charge is 0.493 e. The molecule has 0 bridgehead atoms. The predicted molar refractivity (Wildman–Crippen MR) is 108 cm³/mol. The maximum absolute atomic E-state index is 12.6. The highest BCUT2D eigenvalue weighted by atomic mass is 16.7. The van der Waals surface area contributed by atoms with E-state index < -0.39 is 5.97 Å². The third-order valence-electron chi connectivity index (χ3n) is 4.08. The normalized spacial score (nSPS) is 10.9. The average Bonchev–Trinajstić information content (AvgIpc) is 2.79. The smallest absolute Gasteiger partial charge is 0.366 e. The van der Waals surface area contributed by atoms with Gasteiger partial charge in [0.1, 0.15) is 5.71 Å². The number of hydrogen-bond donors (Lipinski definition) is 0. The third kappa shape index (κ3) is 4.52. The molecule has 29 heavy (non-hydrogen) atoms. The summed E-state index contributed by atoms with van der Waals surface area (Å²) in [4.78, 5) is 22.2. The number of oxime groups is 1. The lowest BCUT2D eigenvalue weighted by Crippen LogP contribution is -2.09. The first-order valence-corrected chi connectivity index (χ1v) is 8.74. The van der Waals surface area contributed by atoms with Crippen molar-refractivity contribution < 1.29 is 23.8 Å². The molecule has 0 aliphatic rings. The van der Waals surface area contributed by atoms with Gasteiger partial charge < -0.3 is 19.0 Å². The Morgan fingerprint density at radius 3 is 2.03 bits per heavy atom. The van der Waals surface area contributed by atoms with Crippen LogP contribution in [0.25, 0.3) is 0 Å². The predicted octanol–water partition coefficient (Wildman–Crippen LogP) is 3.72. The molecule has 0 aliphatic carbocycles. The molecule has 0 spiro atoms. The van der Waals surface area contributed by atoms with E-state index >= 15 is 0 Å². The van der Waals surface area contributed by atoms with E-state index in [9.17, 15) is 4.79 Å². The Morgan fingerprint density at radius 2 is 1.48 bits per heavy atom. The molecule has 7 nitrogen and oxygen atoms in total. The molecule has 0 N–H and O–H groups in total. The van der Waals surface area contributed by atoms with Gasteiger partial charge in [0.2, 0.25) is 5.75 Å². The van der Waals surface area contributed by atoms with Crippen LogP contribution in [0.5, 0.6) is 17.2 Å². The number of nitrogens with zero attached hydrogens (tertiary/aromatic N) is 2. The molecule has 1 heterocycles. The second-order valence-electron chi connectivity index (χ2n) is 5.81. The van der Waals surface area contributed by atoms with Crippen molar-refractivity contribution in [2.75, 3.05) is 21.3 Å². The summed E-state index contributed by atoms with van der Waals surface area (Å²) in [6, 6.07) is 17.8. The summed E-state index contributed by atoms with van der Waals surface area (Å²) in [7, 11) is 4.43. The second kappa shape index (κ2) is 9.36. The SMILES string of the molecule is COc1cc(C(=O)ON=C(c2ccccc2)c2ccccn2)cc(OC)c1OC. The number of methoxy groups -OCH3 is 3. The molecule has 3 aromatic rings. The second-order valence-corrected chi connectivity index (χ2v) is 5.81. The summed E-state index contributed by atoms with van der Waals surface area (Å²) in [5.41, 5.74) is 1.99. The summed E-state index contributed by atoms with van der Waals surface area (Å²) in [5, 5.41) is 4.09. The molecule has 0 saturated carbocycles. The van der Waals surface area contributed by atoms with E-state index in [-0.39, 0.29) is 5.56 Å². The molecular weight excluding hydrogens is 372 g/mol. The van der Waals surface area contributed by atoms with Crippen molar-refractivity contribution in [3.63, 3.8) is 0 Å². The van der Waals surface area contributed by atoms with Crippen LogP contribution in [0.1, 0.15) is 21.6 Å². The molecule has 2 aromatic carbocycles. The number of rotatable bonds is 7. The molecule has 1 aromatic heterocycles. The van der Waals surface area contributed by atoms with Gasteiger partial charge in [0.05, 0.1) is 32.6 Å². The van der Waals surface area contributed by atoms with E-state index in [2.05, 4.69) is 10.1 Å². The molecule has 0 unspecified atom stereocenters. The van der Waals surface area contributed by atoms with Crippen LogP contribution in [-0.4, -0.2) is 38.0 Å². The van der Waals surface area contributed by atoms with Crippen molar-refractivity contribution in [2.24, 2.45) is 5.16 Å². The van der Waals surface area contributed by atoms with E-state index in [1.165, 1.54) is 33.5 Å². The van der Waals surface area contributed by atoms with Gasteiger partial charge >= 0.3 is 5.97 Å². The Hall–Kier alpha value is -3.87. The standard InChI is InChI=1S/C22H20N2O5/c1-26-18-13-16(14-19(27-2)21(18)28-3)22(25)29-24-20(15-9-5-4-6-10-15)17-11-7-8-12-23-17/h4-14H,1-3H3. The number of aromatic nitrogens is 1. The minimum atomic E-state index is -0.673. The monoisotopic (exact) mass is 392 g/mol. The molecule has 7 heteroatoms. The first-order chi connectivity index (χ1) is 14.2. The highest BCUT2D eigenvalue weighted by molar-refractivity contribution is 6.11. The van der Waals surface area contributed by atoms with E-state index in [1.807, 2.05) is 36.4 Å². The Balaban J connectivity index is 1.95. The average molecular weight is 392 g/mol. The Kier molecular flexibility index (Phi) is 6.42. The molecule has 0 amide bonds. The lowest BCUT2D eigenvalue weighted by Gasteiger charge is -2.13. The van der Waals surface area contributed by atoms with E-state index in [0.717, 1.165) is 5.56 Å².